The van der Waals surface area contributed by atoms with Crippen LogP contribution in [0.2, 0.25) is 0 Å². The first-order valence-corrected chi connectivity index (χ1v) is 8.18. The first-order valence-electron chi connectivity index (χ1n) is 8.18. The highest BCUT2D eigenvalue weighted by Crippen LogP contribution is 2.28. The molecule has 0 aliphatic heterocycles. The lowest BCUT2D eigenvalue weighted by Crippen LogP contribution is -2.20. The quantitative estimate of drug-likeness (QED) is 0.538. The average molecular weight is 369 g/mol. The Morgan fingerprint density at radius 2 is 1.70 bits per heavy atom. The van der Waals surface area contributed by atoms with Crippen LogP contribution in [0.25, 0.3) is 22.9 Å². The van der Waals surface area contributed by atoms with Gasteiger partial charge in [0.25, 0.3) is 5.56 Å². The number of hydrogen-bond acceptors (Lipinski definition) is 2. The van der Waals surface area contributed by atoms with Crippen LogP contribution in [-0.2, 0) is 12.7 Å². The molecule has 0 fully saturated rings. The summed E-state index contributed by atoms with van der Waals surface area (Å²) in [5, 5.41) is 0. The summed E-state index contributed by atoms with van der Waals surface area (Å²) in [6, 6.07) is 15.0. The molecule has 0 unspecified atom stereocenters. The Kier molecular flexibility index (Phi) is 3.87. The number of nitrogens with zero attached hydrogens (tertiary/aromatic N) is 3. The maximum atomic E-state index is 13.2. The van der Waals surface area contributed by atoms with Crippen LogP contribution in [0.5, 0.6) is 0 Å². The Balaban J connectivity index is 1.99. The van der Waals surface area contributed by atoms with Crippen molar-refractivity contribution >= 4 is 22.9 Å². The third-order valence-corrected chi connectivity index (χ3v) is 4.40. The molecule has 0 N–H and O–H groups in total. The lowest BCUT2D eigenvalue weighted by atomic mass is 10.1. The molecule has 0 aliphatic carbocycles. The minimum atomic E-state index is -4.69. The zero-order valence-electron chi connectivity index (χ0n) is 14.1. The molecule has 0 spiro atoms. The van der Waals surface area contributed by atoms with Gasteiger partial charge >= 0.3 is 6.18 Å². The van der Waals surface area contributed by atoms with Gasteiger partial charge in [-0.05, 0) is 23.3 Å². The number of fused-ring (bicyclic) bond motifs is 3. The van der Waals surface area contributed by atoms with Crippen LogP contribution in [0.15, 0.2) is 66.0 Å². The summed E-state index contributed by atoms with van der Waals surface area (Å²) in [5.41, 5.74) is 1.00. The number of hydrogen-bond donors (Lipinski definition) is 0. The number of imidazole rings is 1. The monoisotopic (exact) mass is 369 g/mol. The van der Waals surface area contributed by atoms with E-state index < -0.39 is 17.4 Å². The predicted octanol–water partition coefficient (Wildman–Crippen LogP) is 4.36. The highest BCUT2D eigenvalue weighted by Gasteiger charge is 2.34. The van der Waals surface area contributed by atoms with Crippen LogP contribution in [0.1, 0.15) is 16.8 Å². The first kappa shape index (κ1) is 17.1. The Labute approximate surface area is 151 Å². The van der Waals surface area contributed by atoms with E-state index in [2.05, 4.69) is 11.6 Å². The van der Waals surface area contributed by atoms with Gasteiger partial charge in [-0.25, -0.2) is 9.38 Å². The molecule has 0 saturated carbocycles. The van der Waals surface area contributed by atoms with Crippen LogP contribution >= 0.6 is 0 Å². The van der Waals surface area contributed by atoms with Crippen molar-refractivity contribution in [1.82, 2.24) is 14.0 Å². The number of benzene rings is 2. The molecule has 2 heterocycles. The fourth-order valence-electron chi connectivity index (χ4n) is 3.11. The van der Waals surface area contributed by atoms with Crippen molar-refractivity contribution in [1.29, 1.82) is 0 Å². The van der Waals surface area contributed by atoms with Crippen molar-refractivity contribution in [3.63, 3.8) is 0 Å². The number of rotatable bonds is 3. The molecule has 27 heavy (non-hydrogen) atoms. The van der Waals surface area contributed by atoms with E-state index in [-0.39, 0.29) is 12.3 Å². The third-order valence-electron chi connectivity index (χ3n) is 4.40. The SMILES string of the molecule is C=Cc1ccc(Cn2c3ccccc3n3c(=O)cc(C(F)(F)F)nc23)cc1. The Morgan fingerprint density at radius 3 is 2.33 bits per heavy atom. The third kappa shape index (κ3) is 2.91. The van der Waals surface area contributed by atoms with Gasteiger partial charge in [-0.15, -0.1) is 0 Å². The minimum Gasteiger partial charge on any atom is -0.305 e. The van der Waals surface area contributed by atoms with Crippen molar-refractivity contribution in [2.24, 2.45) is 0 Å². The first-order chi connectivity index (χ1) is 12.9. The van der Waals surface area contributed by atoms with Gasteiger partial charge in [0.15, 0.2) is 5.69 Å². The summed E-state index contributed by atoms with van der Waals surface area (Å²) in [6.07, 6.45) is -2.98. The average Bonchev–Trinajstić information content (AvgIpc) is 2.96. The van der Waals surface area contributed by atoms with E-state index in [1.165, 1.54) is 4.40 Å². The molecule has 7 heteroatoms. The summed E-state index contributed by atoms with van der Waals surface area (Å²) >= 11 is 0. The lowest BCUT2D eigenvalue weighted by Gasteiger charge is -2.09. The van der Waals surface area contributed by atoms with Crippen molar-refractivity contribution in [2.75, 3.05) is 0 Å². The van der Waals surface area contributed by atoms with E-state index in [1.807, 2.05) is 24.3 Å². The maximum Gasteiger partial charge on any atom is 0.433 e. The Hall–Kier alpha value is -3.35. The maximum absolute atomic E-state index is 13.2. The second-order valence-corrected chi connectivity index (χ2v) is 6.13. The molecule has 4 aromatic rings. The smallest absolute Gasteiger partial charge is 0.305 e. The fraction of sp³-hybridized carbons (Fsp3) is 0.100. The number of halogens is 3. The number of alkyl halides is 3. The van der Waals surface area contributed by atoms with E-state index in [4.69, 9.17) is 0 Å². The van der Waals surface area contributed by atoms with Gasteiger partial charge in [0.05, 0.1) is 17.6 Å². The van der Waals surface area contributed by atoms with Crippen molar-refractivity contribution in [3.8, 4) is 0 Å². The lowest BCUT2D eigenvalue weighted by molar-refractivity contribution is -0.141. The van der Waals surface area contributed by atoms with Gasteiger partial charge in [-0.3, -0.25) is 4.79 Å². The topological polar surface area (TPSA) is 39.3 Å². The van der Waals surface area contributed by atoms with Gasteiger partial charge in [0.2, 0.25) is 5.78 Å². The second-order valence-electron chi connectivity index (χ2n) is 6.13. The van der Waals surface area contributed by atoms with Crippen molar-refractivity contribution < 1.29 is 13.2 Å². The summed E-state index contributed by atoms with van der Waals surface area (Å²) in [5.74, 6) is -0.0381. The molecule has 0 saturated heterocycles. The van der Waals surface area contributed by atoms with E-state index >= 15 is 0 Å². The number of aromatic nitrogens is 3. The zero-order valence-corrected chi connectivity index (χ0v) is 14.1. The molecular weight excluding hydrogens is 355 g/mol. The molecule has 0 atom stereocenters. The fourth-order valence-corrected chi connectivity index (χ4v) is 3.11. The van der Waals surface area contributed by atoms with Crippen LogP contribution in [-0.4, -0.2) is 14.0 Å². The molecule has 2 aromatic heterocycles. The summed E-state index contributed by atoms with van der Waals surface area (Å²) < 4.78 is 42.3. The zero-order chi connectivity index (χ0) is 19.2. The van der Waals surface area contributed by atoms with Crippen LogP contribution in [0, 0.1) is 0 Å². The van der Waals surface area contributed by atoms with Crippen molar-refractivity contribution in [2.45, 2.75) is 12.7 Å². The predicted molar refractivity (Wildman–Crippen MR) is 97.6 cm³/mol. The van der Waals surface area contributed by atoms with Gasteiger partial charge in [-0.1, -0.05) is 49.1 Å². The second kappa shape index (κ2) is 6.12. The van der Waals surface area contributed by atoms with Gasteiger partial charge in [0.1, 0.15) is 0 Å². The van der Waals surface area contributed by atoms with E-state index in [0.29, 0.717) is 17.1 Å². The Morgan fingerprint density at radius 1 is 1.04 bits per heavy atom. The standard InChI is InChI=1S/C20H14F3N3O/c1-2-13-7-9-14(10-8-13)12-25-15-5-3-4-6-16(15)26-18(27)11-17(20(21,22)23)24-19(25)26/h2-11H,1,12H2. The molecule has 0 aliphatic rings. The van der Waals surface area contributed by atoms with Gasteiger partial charge < -0.3 is 4.57 Å². The van der Waals surface area contributed by atoms with Crippen molar-refractivity contribution in [3.05, 3.63) is 88.4 Å². The molecule has 4 rings (SSSR count). The molecule has 4 nitrogen and oxygen atoms in total. The highest BCUT2D eigenvalue weighted by atomic mass is 19.4. The van der Waals surface area contributed by atoms with Crippen LogP contribution in [0.3, 0.4) is 0 Å². The minimum absolute atomic E-state index is 0.0381. The molecule has 0 amide bonds. The van der Waals surface area contributed by atoms with Gasteiger partial charge in [0, 0.05) is 6.07 Å². The molecular formula is C20H14F3N3O. The summed E-state index contributed by atoms with van der Waals surface area (Å²) in [7, 11) is 0. The van der Waals surface area contributed by atoms with Crippen LogP contribution < -0.4 is 5.56 Å². The molecule has 0 bridgehead atoms. The largest absolute Gasteiger partial charge is 0.433 e. The summed E-state index contributed by atoms with van der Waals surface area (Å²) in [6.45, 7) is 3.98. The summed E-state index contributed by atoms with van der Waals surface area (Å²) in [4.78, 5) is 16.2. The Bertz CT molecular complexity index is 1220. The van der Waals surface area contributed by atoms with Crippen LogP contribution in [0.4, 0.5) is 13.2 Å². The molecule has 0 radical (unpaired) electrons. The highest BCUT2D eigenvalue weighted by molar-refractivity contribution is 5.80. The number of para-hydroxylation sites is 2. The van der Waals surface area contributed by atoms with Gasteiger partial charge in [-0.2, -0.15) is 13.2 Å². The normalized spacial score (nSPS) is 12.0. The van der Waals surface area contributed by atoms with E-state index in [9.17, 15) is 18.0 Å². The van der Waals surface area contributed by atoms with E-state index in [1.54, 1.807) is 34.9 Å². The van der Waals surface area contributed by atoms with E-state index in [0.717, 1.165) is 11.1 Å². The molecule has 136 valence electrons. The molecule has 2 aromatic carbocycles.